The lowest BCUT2D eigenvalue weighted by Gasteiger charge is -2.20. The van der Waals surface area contributed by atoms with Gasteiger partial charge >= 0.3 is 0 Å². The molecule has 5 heteroatoms. The van der Waals surface area contributed by atoms with Gasteiger partial charge in [-0.3, -0.25) is 4.98 Å². The van der Waals surface area contributed by atoms with Crippen molar-refractivity contribution < 1.29 is 0 Å². The summed E-state index contributed by atoms with van der Waals surface area (Å²) in [7, 11) is 1.93. The van der Waals surface area contributed by atoms with E-state index in [2.05, 4.69) is 4.98 Å². The SMILES string of the molecule is CN1C(c2ccc(C#N)cn2)=CSC1N. The summed E-state index contributed by atoms with van der Waals surface area (Å²) in [5.41, 5.74) is 8.18. The third-order valence-electron chi connectivity index (χ3n) is 2.24. The number of rotatable bonds is 1. The molecule has 1 unspecified atom stereocenters. The Morgan fingerprint density at radius 1 is 1.60 bits per heavy atom. The maximum atomic E-state index is 8.65. The Balaban J connectivity index is 2.28. The van der Waals surface area contributed by atoms with Crippen LogP contribution in [0.15, 0.2) is 23.7 Å². The summed E-state index contributed by atoms with van der Waals surface area (Å²) in [4.78, 5) is 6.17. The first-order valence-corrected chi connectivity index (χ1v) is 5.37. The Bertz CT molecular complexity index is 432. The molecule has 0 radical (unpaired) electrons. The predicted octanol–water partition coefficient (Wildman–Crippen LogP) is 1.17. The molecule has 1 aliphatic rings. The maximum Gasteiger partial charge on any atom is 0.129 e. The van der Waals surface area contributed by atoms with Crippen molar-refractivity contribution >= 4 is 17.5 Å². The van der Waals surface area contributed by atoms with Crippen LogP contribution in [0, 0.1) is 11.3 Å². The zero-order valence-corrected chi connectivity index (χ0v) is 9.03. The highest BCUT2D eigenvalue weighted by molar-refractivity contribution is 8.03. The van der Waals surface area contributed by atoms with Crippen molar-refractivity contribution in [3.05, 3.63) is 35.0 Å². The van der Waals surface area contributed by atoms with Crippen molar-refractivity contribution in [1.29, 1.82) is 5.26 Å². The van der Waals surface area contributed by atoms with Gasteiger partial charge in [-0.05, 0) is 17.5 Å². The van der Waals surface area contributed by atoms with E-state index in [1.54, 1.807) is 24.0 Å². The molecule has 0 bridgehead atoms. The fourth-order valence-electron chi connectivity index (χ4n) is 1.30. The molecular weight excluding hydrogens is 208 g/mol. The molecule has 4 nitrogen and oxygen atoms in total. The summed E-state index contributed by atoms with van der Waals surface area (Å²) in [6, 6.07) is 5.63. The van der Waals surface area contributed by atoms with Crippen LogP contribution in [0.25, 0.3) is 5.70 Å². The Morgan fingerprint density at radius 3 is 2.87 bits per heavy atom. The Morgan fingerprint density at radius 2 is 2.40 bits per heavy atom. The second-order valence-corrected chi connectivity index (χ2v) is 4.18. The minimum Gasteiger partial charge on any atom is -0.348 e. The highest BCUT2D eigenvalue weighted by Crippen LogP contribution is 2.31. The quantitative estimate of drug-likeness (QED) is 0.766. The molecule has 1 aromatic rings. The topological polar surface area (TPSA) is 65.9 Å². The van der Waals surface area contributed by atoms with Gasteiger partial charge < -0.3 is 10.6 Å². The zero-order valence-electron chi connectivity index (χ0n) is 8.21. The van der Waals surface area contributed by atoms with Crippen molar-refractivity contribution in [2.24, 2.45) is 5.73 Å². The van der Waals surface area contributed by atoms with Gasteiger partial charge in [0.25, 0.3) is 0 Å². The van der Waals surface area contributed by atoms with Crippen LogP contribution in [0.2, 0.25) is 0 Å². The van der Waals surface area contributed by atoms with Crippen LogP contribution in [-0.2, 0) is 0 Å². The molecular formula is C10H10N4S. The molecule has 2 heterocycles. The van der Waals surface area contributed by atoms with Gasteiger partial charge in [0.05, 0.1) is 17.0 Å². The van der Waals surface area contributed by atoms with Crippen molar-refractivity contribution in [1.82, 2.24) is 9.88 Å². The minimum atomic E-state index is -0.0440. The van der Waals surface area contributed by atoms with E-state index < -0.39 is 0 Å². The summed E-state index contributed by atoms with van der Waals surface area (Å²) in [6.07, 6.45) is 1.57. The fraction of sp³-hybridized carbons (Fsp3) is 0.200. The Labute approximate surface area is 92.4 Å². The van der Waals surface area contributed by atoms with Crippen LogP contribution in [-0.4, -0.2) is 22.4 Å². The van der Waals surface area contributed by atoms with E-state index in [0.717, 1.165) is 11.4 Å². The molecule has 1 aliphatic heterocycles. The molecule has 0 aliphatic carbocycles. The number of hydrogen-bond acceptors (Lipinski definition) is 5. The molecule has 2 N–H and O–H groups in total. The molecule has 1 atom stereocenters. The van der Waals surface area contributed by atoms with Crippen LogP contribution < -0.4 is 5.73 Å². The highest BCUT2D eigenvalue weighted by atomic mass is 32.2. The fourth-order valence-corrected chi connectivity index (χ4v) is 2.15. The molecule has 0 fully saturated rings. The molecule has 1 aromatic heterocycles. The monoisotopic (exact) mass is 218 g/mol. The number of hydrogen-bond donors (Lipinski definition) is 1. The largest absolute Gasteiger partial charge is 0.348 e. The molecule has 15 heavy (non-hydrogen) atoms. The van der Waals surface area contributed by atoms with E-state index in [1.807, 2.05) is 29.5 Å². The van der Waals surface area contributed by atoms with Crippen molar-refractivity contribution in [2.45, 2.75) is 5.50 Å². The van der Waals surface area contributed by atoms with E-state index in [1.165, 1.54) is 0 Å². The summed E-state index contributed by atoms with van der Waals surface area (Å²) < 4.78 is 0. The second kappa shape index (κ2) is 3.93. The summed E-state index contributed by atoms with van der Waals surface area (Å²) in [6.45, 7) is 0. The van der Waals surface area contributed by atoms with E-state index >= 15 is 0 Å². The average Bonchev–Trinajstić information content (AvgIpc) is 2.60. The number of pyridine rings is 1. The van der Waals surface area contributed by atoms with Gasteiger partial charge in [0.2, 0.25) is 0 Å². The lowest BCUT2D eigenvalue weighted by molar-refractivity contribution is 0.467. The molecule has 0 saturated carbocycles. The van der Waals surface area contributed by atoms with Crippen LogP contribution in [0.4, 0.5) is 0 Å². The number of nitrogens with two attached hydrogens (primary N) is 1. The van der Waals surface area contributed by atoms with E-state index in [9.17, 15) is 0 Å². The first kappa shape index (κ1) is 10.0. The standard InChI is InChI=1S/C10H10N4S/c1-14-9(6-15-10(14)12)8-3-2-7(4-11)5-13-8/h2-3,5-6,10H,12H2,1H3. The van der Waals surface area contributed by atoms with Crippen LogP contribution in [0.5, 0.6) is 0 Å². The smallest absolute Gasteiger partial charge is 0.129 e. The van der Waals surface area contributed by atoms with E-state index in [-0.39, 0.29) is 5.50 Å². The first-order chi connectivity index (χ1) is 7.22. The van der Waals surface area contributed by atoms with Gasteiger partial charge in [0.1, 0.15) is 11.6 Å². The first-order valence-electron chi connectivity index (χ1n) is 4.43. The molecule has 76 valence electrons. The van der Waals surface area contributed by atoms with Crippen LogP contribution in [0.3, 0.4) is 0 Å². The predicted molar refractivity (Wildman–Crippen MR) is 60.3 cm³/mol. The van der Waals surface area contributed by atoms with Gasteiger partial charge in [0, 0.05) is 13.2 Å². The Hall–Kier alpha value is -1.51. The number of thioether (sulfide) groups is 1. The van der Waals surface area contributed by atoms with Gasteiger partial charge in [-0.1, -0.05) is 11.8 Å². The minimum absolute atomic E-state index is 0.0440. The summed E-state index contributed by atoms with van der Waals surface area (Å²) >= 11 is 1.55. The van der Waals surface area contributed by atoms with Crippen LogP contribution in [0.1, 0.15) is 11.3 Å². The average molecular weight is 218 g/mol. The third kappa shape index (κ3) is 1.82. The summed E-state index contributed by atoms with van der Waals surface area (Å²) in [5.74, 6) is 0. The second-order valence-electron chi connectivity index (χ2n) is 3.18. The zero-order chi connectivity index (χ0) is 10.8. The third-order valence-corrected chi connectivity index (χ3v) is 3.19. The van der Waals surface area contributed by atoms with Crippen LogP contribution >= 0.6 is 11.8 Å². The number of aromatic nitrogens is 1. The molecule has 0 saturated heterocycles. The lowest BCUT2D eigenvalue weighted by atomic mass is 10.2. The molecule has 0 amide bonds. The van der Waals surface area contributed by atoms with Crippen molar-refractivity contribution in [3.8, 4) is 6.07 Å². The normalized spacial score (nSPS) is 19.9. The van der Waals surface area contributed by atoms with Gasteiger partial charge in [-0.2, -0.15) is 5.26 Å². The summed E-state index contributed by atoms with van der Waals surface area (Å²) in [5, 5.41) is 10.6. The number of nitrogens with zero attached hydrogens (tertiary/aromatic N) is 3. The Kier molecular flexibility index (Phi) is 2.62. The molecule has 2 rings (SSSR count). The van der Waals surface area contributed by atoms with E-state index in [4.69, 9.17) is 11.0 Å². The van der Waals surface area contributed by atoms with Gasteiger partial charge in [-0.15, -0.1) is 0 Å². The van der Waals surface area contributed by atoms with Crippen molar-refractivity contribution in [3.63, 3.8) is 0 Å². The maximum absolute atomic E-state index is 8.65. The van der Waals surface area contributed by atoms with E-state index in [0.29, 0.717) is 5.56 Å². The molecule has 0 spiro atoms. The van der Waals surface area contributed by atoms with Gasteiger partial charge in [0.15, 0.2) is 0 Å². The lowest BCUT2D eigenvalue weighted by Crippen LogP contribution is -2.31. The number of nitriles is 1. The molecule has 0 aromatic carbocycles. The van der Waals surface area contributed by atoms with Gasteiger partial charge in [-0.25, -0.2) is 0 Å². The highest BCUT2D eigenvalue weighted by Gasteiger charge is 2.21. The van der Waals surface area contributed by atoms with Crippen molar-refractivity contribution in [2.75, 3.05) is 7.05 Å².